The van der Waals surface area contributed by atoms with Crippen LogP contribution in [0.2, 0.25) is 0 Å². The molecular weight excluding hydrogens is 256 g/mol. The molecule has 21 heavy (non-hydrogen) atoms. The van der Waals surface area contributed by atoms with E-state index in [1.807, 2.05) is 0 Å². The monoisotopic (exact) mass is 286 g/mol. The van der Waals surface area contributed by atoms with Gasteiger partial charge in [0, 0.05) is 19.1 Å². The SMILES string of the molecule is CC(C)N(Cc1cccc(C2CC2)c1)CC1CCNCC1. The second kappa shape index (κ2) is 6.93. The fourth-order valence-corrected chi connectivity index (χ4v) is 3.45. The van der Waals surface area contributed by atoms with E-state index in [0.29, 0.717) is 6.04 Å². The highest BCUT2D eigenvalue weighted by molar-refractivity contribution is 5.29. The Bertz CT molecular complexity index is 445. The van der Waals surface area contributed by atoms with Crippen molar-refractivity contribution in [2.75, 3.05) is 19.6 Å². The largest absolute Gasteiger partial charge is 0.317 e. The molecule has 0 bridgehead atoms. The van der Waals surface area contributed by atoms with E-state index in [-0.39, 0.29) is 0 Å². The third kappa shape index (κ3) is 4.31. The molecule has 1 aromatic carbocycles. The summed E-state index contributed by atoms with van der Waals surface area (Å²) in [4.78, 5) is 2.67. The first-order valence-electron chi connectivity index (χ1n) is 8.76. The summed E-state index contributed by atoms with van der Waals surface area (Å²) in [5.41, 5.74) is 3.07. The molecule has 2 aliphatic rings. The van der Waals surface area contributed by atoms with E-state index in [9.17, 15) is 0 Å². The van der Waals surface area contributed by atoms with Crippen LogP contribution in [0.5, 0.6) is 0 Å². The molecule has 1 saturated carbocycles. The Morgan fingerprint density at radius 1 is 1.14 bits per heavy atom. The predicted octanol–water partition coefficient (Wildman–Crippen LogP) is 3.77. The Hall–Kier alpha value is -0.860. The predicted molar refractivity (Wildman–Crippen MR) is 89.6 cm³/mol. The van der Waals surface area contributed by atoms with Crippen LogP contribution in [0.3, 0.4) is 0 Å². The second-order valence-electron chi connectivity index (χ2n) is 7.24. The van der Waals surface area contributed by atoms with Crippen molar-refractivity contribution in [3.63, 3.8) is 0 Å². The molecule has 0 spiro atoms. The third-order valence-electron chi connectivity index (χ3n) is 5.07. The standard InChI is InChI=1S/C19H30N2/c1-15(2)21(13-16-8-10-20-11-9-16)14-17-4-3-5-19(12-17)18-6-7-18/h3-5,12,15-16,18,20H,6-11,13-14H2,1-2H3. The molecule has 1 aromatic rings. The molecule has 116 valence electrons. The zero-order chi connectivity index (χ0) is 14.7. The maximum Gasteiger partial charge on any atom is 0.0236 e. The van der Waals surface area contributed by atoms with E-state index < -0.39 is 0 Å². The van der Waals surface area contributed by atoms with Crippen LogP contribution in [-0.2, 0) is 6.54 Å². The molecule has 0 radical (unpaired) electrons. The van der Waals surface area contributed by atoms with Gasteiger partial charge in [-0.2, -0.15) is 0 Å². The lowest BCUT2D eigenvalue weighted by Gasteiger charge is -2.33. The number of rotatable bonds is 6. The molecule has 0 unspecified atom stereocenters. The Labute approximate surface area is 129 Å². The van der Waals surface area contributed by atoms with Crippen molar-refractivity contribution in [3.05, 3.63) is 35.4 Å². The lowest BCUT2D eigenvalue weighted by atomic mass is 9.96. The maximum atomic E-state index is 3.48. The van der Waals surface area contributed by atoms with E-state index in [2.05, 4.69) is 48.3 Å². The van der Waals surface area contributed by atoms with Crippen LogP contribution in [0, 0.1) is 5.92 Å². The number of hydrogen-bond donors (Lipinski definition) is 1. The topological polar surface area (TPSA) is 15.3 Å². The van der Waals surface area contributed by atoms with Gasteiger partial charge in [-0.15, -0.1) is 0 Å². The van der Waals surface area contributed by atoms with Gasteiger partial charge in [0.15, 0.2) is 0 Å². The number of nitrogens with zero attached hydrogens (tertiary/aromatic N) is 1. The van der Waals surface area contributed by atoms with Crippen molar-refractivity contribution >= 4 is 0 Å². The molecule has 1 N–H and O–H groups in total. The van der Waals surface area contributed by atoms with Crippen LogP contribution in [0.1, 0.15) is 56.6 Å². The summed E-state index contributed by atoms with van der Waals surface area (Å²) in [7, 11) is 0. The molecular formula is C19H30N2. The van der Waals surface area contributed by atoms with Crippen molar-refractivity contribution in [2.24, 2.45) is 5.92 Å². The minimum Gasteiger partial charge on any atom is -0.317 e. The first-order chi connectivity index (χ1) is 10.2. The van der Waals surface area contributed by atoms with Gasteiger partial charge in [-0.3, -0.25) is 4.90 Å². The van der Waals surface area contributed by atoms with Crippen molar-refractivity contribution in [3.8, 4) is 0 Å². The van der Waals surface area contributed by atoms with Gasteiger partial charge < -0.3 is 5.32 Å². The van der Waals surface area contributed by atoms with Crippen LogP contribution in [0.25, 0.3) is 0 Å². The summed E-state index contributed by atoms with van der Waals surface area (Å²) in [6.07, 6.45) is 5.47. The second-order valence-corrected chi connectivity index (χ2v) is 7.24. The molecule has 1 aliphatic carbocycles. The Balaban J connectivity index is 1.62. The number of hydrogen-bond acceptors (Lipinski definition) is 2. The third-order valence-corrected chi connectivity index (χ3v) is 5.07. The fraction of sp³-hybridized carbons (Fsp3) is 0.684. The minimum atomic E-state index is 0.629. The molecule has 0 amide bonds. The van der Waals surface area contributed by atoms with Gasteiger partial charge in [-0.05, 0) is 75.6 Å². The first kappa shape index (κ1) is 15.1. The summed E-state index contributed by atoms with van der Waals surface area (Å²) >= 11 is 0. The van der Waals surface area contributed by atoms with Crippen LogP contribution in [0.4, 0.5) is 0 Å². The fourth-order valence-electron chi connectivity index (χ4n) is 3.45. The highest BCUT2D eigenvalue weighted by atomic mass is 15.1. The zero-order valence-electron chi connectivity index (χ0n) is 13.6. The lowest BCUT2D eigenvalue weighted by Crippen LogP contribution is -2.39. The van der Waals surface area contributed by atoms with Crippen LogP contribution < -0.4 is 5.32 Å². The van der Waals surface area contributed by atoms with E-state index in [0.717, 1.165) is 18.4 Å². The lowest BCUT2D eigenvalue weighted by molar-refractivity contribution is 0.162. The van der Waals surface area contributed by atoms with Gasteiger partial charge in [-0.25, -0.2) is 0 Å². The molecule has 1 saturated heterocycles. The highest BCUT2D eigenvalue weighted by Gasteiger charge is 2.24. The highest BCUT2D eigenvalue weighted by Crippen LogP contribution is 2.40. The maximum absolute atomic E-state index is 3.48. The van der Waals surface area contributed by atoms with E-state index in [1.165, 1.54) is 50.9 Å². The van der Waals surface area contributed by atoms with Gasteiger partial charge >= 0.3 is 0 Å². The van der Waals surface area contributed by atoms with Crippen LogP contribution in [0.15, 0.2) is 24.3 Å². The Morgan fingerprint density at radius 3 is 2.57 bits per heavy atom. The van der Waals surface area contributed by atoms with Crippen LogP contribution >= 0.6 is 0 Å². The van der Waals surface area contributed by atoms with E-state index in [1.54, 1.807) is 5.56 Å². The average molecular weight is 286 g/mol. The molecule has 3 rings (SSSR count). The number of benzene rings is 1. The molecule has 1 aliphatic heterocycles. The Kier molecular flexibility index (Phi) is 4.97. The molecule has 2 heteroatoms. The molecule has 2 fully saturated rings. The average Bonchev–Trinajstić information content (AvgIpc) is 3.32. The summed E-state index contributed by atoms with van der Waals surface area (Å²) in [6, 6.07) is 9.96. The first-order valence-corrected chi connectivity index (χ1v) is 8.76. The van der Waals surface area contributed by atoms with E-state index in [4.69, 9.17) is 0 Å². The van der Waals surface area contributed by atoms with E-state index >= 15 is 0 Å². The van der Waals surface area contributed by atoms with Gasteiger partial charge in [-0.1, -0.05) is 24.3 Å². The molecule has 2 nitrogen and oxygen atoms in total. The zero-order valence-corrected chi connectivity index (χ0v) is 13.6. The molecule has 0 atom stereocenters. The van der Waals surface area contributed by atoms with Crippen molar-refractivity contribution in [1.82, 2.24) is 10.2 Å². The minimum absolute atomic E-state index is 0.629. The van der Waals surface area contributed by atoms with Gasteiger partial charge in [0.1, 0.15) is 0 Å². The summed E-state index contributed by atoms with van der Waals surface area (Å²) < 4.78 is 0. The Morgan fingerprint density at radius 2 is 1.90 bits per heavy atom. The van der Waals surface area contributed by atoms with Crippen molar-refractivity contribution in [1.29, 1.82) is 0 Å². The van der Waals surface area contributed by atoms with Gasteiger partial charge in [0.05, 0.1) is 0 Å². The van der Waals surface area contributed by atoms with Gasteiger partial charge in [0.2, 0.25) is 0 Å². The van der Waals surface area contributed by atoms with Crippen molar-refractivity contribution in [2.45, 2.75) is 58.0 Å². The van der Waals surface area contributed by atoms with Gasteiger partial charge in [0.25, 0.3) is 0 Å². The molecule has 1 heterocycles. The summed E-state index contributed by atoms with van der Waals surface area (Å²) in [5.74, 6) is 1.74. The normalized spacial score (nSPS) is 20.4. The smallest absolute Gasteiger partial charge is 0.0236 e. The van der Waals surface area contributed by atoms with Crippen molar-refractivity contribution < 1.29 is 0 Å². The number of piperidine rings is 1. The number of nitrogens with one attached hydrogen (secondary N) is 1. The van der Waals surface area contributed by atoms with Crippen LogP contribution in [-0.4, -0.2) is 30.6 Å². The summed E-state index contributed by atoms with van der Waals surface area (Å²) in [6.45, 7) is 9.45. The summed E-state index contributed by atoms with van der Waals surface area (Å²) in [5, 5.41) is 3.48. The molecule has 0 aromatic heterocycles. The quantitative estimate of drug-likeness (QED) is 0.856.